The molecule has 1 saturated heterocycles. The number of aromatic hydroxyl groups is 1. The van der Waals surface area contributed by atoms with E-state index >= 15 is 0 Å². The van der Waals surface area contributed by atoms with Gasteiger partial charge < -0.3 is 10.0 Å². The molecule has 0 aliphatic carbocycles. The Kier molecular flexibility index (Phi) is 3.58. The van der Waals surface area contributed by atoms with E-state index in [9.17, 15) is 9.90 Å². The van der Waals surface area contributed by atoms with Crippen molar-refractivity contribution < 1.29 is 9.90 Å². The monoisotopic (exact) mass is 283 g/mol. The summed E-state index contributed by atoms with van der Waals surface area (Å²) in [7, 11) is 0. The van der Waals surface area contributed by atoms with Crippen LogP contribution in [0, 0.1) is 5.92 Å². The summed E-state index contributed by atoms with van der Waals surface area (Å²) < 4.78 is 0. The predicted molar refractivity (Wildman–Crippen MR) is 84.5 cm³/mol. The molecule has 3 heteroatoms. The van der Waals surface area contributed by atoms with E-state index in [1.807, 2.05) is 35.2 Å². The van der Waals surface area contributed by atoms with Gasteiger partial charge in [0.25, 0.3) is 5.91 Å². The molecule has 1 N–H and O–H groups in total. The molecule has 2 aromatic rings. The van der Waals surface area contributed by atoms with Crippen molar-refractivity contribution in [1.82, 2.24) is 4.90 Å². The highest BCUT2D eigenvalue weighted by Crippen LogP contribution is 2.32. The number of hydrogen-bond acceptors (Lipinski definition) is 2. The Morgan fingerprint density at radius 2 is 2.00 bits per heavy atom. The summed E-state index contributed by atoms with van der Waals surface area (Å²) in [4.78, 5) is 14.7. The van der Waals surface area contributed by atoms with Crippen molar-refractivity contribution in [2.45, 2.75) is 32.7 Å². The quantitative estimate of drug-likeness (QED) is 0.910. The smallest absolute Gasteiger partial charge is 0.257 e. The highest BCUT2D eigenvalue weighted by atomic mass is 16.3. The number of amides is 1. The minimum atomic E-state index is -0.0468. The Hall–Kier alpha value is -2.03. The summed E-state index contributed by atoms with van der Waals surface area (Å²) in [6.45, 7) is 5.08. The lowest BCUT2D eigenvalue weighted by atomic mass is 10.0. The molecule has 0 radical (unpaired) electrons. The molecule has 1 fully saturated rings. The van der Waals surface area contributed by atoms with Gasteiger partial charge in [0, 0.05) is 18.0 Å². The minimum Gasteiger partial charge on any atom is -0.506 e. The van der Waals surface area contributed by atoms with Gasteiger partial charge in [0.15, 0.2) is 0 Å². The molecule has 0 bridgehead atoms. The van der Waals surface area contributed by atoms with Crippen molar-refractivity contribution in [3.63, 3.8) is 0 Å². The van der Waals surface area contributed by atoms with Crippen LogP contribution in [0.5, 0.6) is 5.75 Å². The zero-order valence-electron chi connectivity index (χ0n) is 12.5. The first-order valence-electron chi connectivity index (χ1n) is 7.61. The van der Waals surface area contributed by atoms with Gasteiger partial charge in [-0.3, -0.25) is 4.79 Å². The molecule has 3 nitrogen and oxygen atoms in total. The molecule has 0 aromatic heterocycles. The Balaban J connectivity index is 2.00. The van der Waals surface area contributed by atoms with Crippen LogP contribution in [-0.2, 0) is 0 Å². The first kappa shape index (κ1) is 13.9. The number of phenolic OH excluding ortho intramolecular Hbond substituents is 1. The summed E-state index contributed by atoms with van der Waals surface area (Å²) in [5.41, 5.74) is 0.418. The largest absolute Gasteiger partial charge is 0.506 e. The lowest BCUT2D eigenvalue weighted by molar-refractivity contribution is 0.0699. The highest BCUT2D eigenvalue weighted by molar-refractivity contribution is 6.03. The molecular weight excluding hydrogens is 262 g/mol. The van der Waals surface area contributed by atoms with Crippen molar-refractivity contribution in [3.8, 4) is 5.75 Å². The maximum atomic E-state index is 12.8. The Labute approximate surface area is 125 Å². The standard InChI is InChI=1S/C18H21NO2/c1-12(2)16-8-5-11-19(16)18(21)15-10-9-13-6-3-4-7-14(13)17(15)20/h3-4,6-7,9-10,12,16,20H,5,8,11H2,1-2H3. The molecule has 1 amide bonds. The molecule has 2 aromatic carbocycles. The molecule has 0 spiro atoms. The molecule has 1 heterocycles. The topological polar surface area (TPSA) is 40.5 Å². The van der Waals surface area contributed by atoms with E-state index in [-0.39, 0.29) is 17.7 Å². The third-order valence-electron chi connectivity index (χ3n) is 4.46. The van der Waals surface area contributed by atoms with Crippen LogP contribution in [0.25, 0.3) is 10.8 Å². The second kappa shape index (κ2) is 5.40. The van der Waals surface area contributed by atoms with Gasteiger partial charge in [0.05, 0.1) is 5.56 Å². The first-order chi connectivity index (χ1) is 10.1. The zero-order chi connectivity index (χ0) is 15.0. The van der Waals surface area contributed by atoms with Gasteiger partial charge in [-0.2, -0.15) is 0 Å². The number of fused-ring (bicyclic) bond motifs is 1. The average Bonchev–Trinajstić information content (AvgIpc) is 2.97. The van der Waals surface area contributed by atoms with Crippen molar-refractivity contribution >= 4 is 16.7 Å². The summed E-state index contributed by atoms with van der Waals surface area (Å²) >= 11 is 0. The number of carbonyl (C=O) groups excluding carboxylic acids is 1. The zero-order valence-corrected chi connectivity index (χ0v) is 12.5. The van der Waals surface area contributed by atoms with Crippen LogP contribution in [-0.4, -0.2) is 28.5 Å². The van der Waals surface area contributed by atoms with Crippen LogP contribution < -0.4 is 0 Å². The van der Waals surface area contributed by atoms with Crippen LogP contribution in [0.1, 0.15) is 37.0 Å². The van der Waals surface area contributed by atoms with E-state index in [0.717, 1.165) is 30.2 Å². The Morgan fingerprint density at radius 3 is 2.76 bits per heavy atom. The van der Waals surface area contributed by atoms with Gasteiger partial charge in [-0.25, -0.2) is 0 Å². The summed E-state index contributed by atoms with van der Waals surface area (Å²) in [6, 6.07) is 11.5. The fourth-order valence-electron chi connectivity index (χ4n) is 3.32. The van der Waals surface area contributed by atoms with Gasteiger partial charge in [0.2, 0.25) is 0 Å². The van der Waals surface area contributed by atoms with Crippen LogP contribution >= 0.6 is 0 Å². The van der Waals surface area contributed by atoms with E-state index in [0.29, 0.717) is 11.5 Å². The normalized spacial score (nSPS) is 18.6. The maximum Gasteiger partial charge on any atom is 0.257 e. The third-order valence-corrected chi connectivity index (χ3v) is 4.46. The van der Waals surface area contributed by atoms with Gasteiger partial charge >= 0.3 is 0 Å². The summed E-state index contributed by atoms with van der Waals surface area (Å²) in [6.07, 6.45) is 2.10. The lowest BCUT2D eigenvalue weighted by Crippen LogP contribution is -2.38. The van der Waals surface area contributed by atoms with Gasteiger partial charge in [-0.1, -0.05) is 44.2 Å². The van der Waals surface area contributed by atoms with Crippen LogP contribution in [0.4, 0.5) is 0 Å². The van der Waals surface area contributed by atoms with Gasteiger partial charge in [0.1, 0.15) is 5.75 Å². The van der Waals surface area contributed by atoms with Gasteiger partial charge in [-0.15, -0.1) is 0 Å². The predicted octanol–water partition coefficient (Wildman–Crippen LogP) is 3.81. The van der Waals surface area contributed by atoms with Crippen LogP contribution in [0.15, 0.2) is 36.4 Å². The van der Waals surface area contributed by atoms with E-state index in [1.54, 1.807) is 6.07 Å². The van der Waals surface area contributed by atoms with E-state index in [4.69, 9.17) is 0 Å². The van der Waals surface area contributed by atoms with Crippen molar-refractivity contribution in [2.24, 2.45) is 5.92 Å². The summed E-state index contributed by atoms with van der Waals surface area (Å²) in [5.74, 6) is 0.501. The maximum absolute atomic E-state index is 12.8. The van der Waals surface area contributed by atoms with Gasteiger partial charge in [-0.05, 0) is 30.2 Å². The average molecular weight is 283 g/mol. The van der Waals surface area contributed by atoms with Crippen LogP contribution in [0.3, 0.4) is 0 Å². The molecular formula is C18H21NO2. The molecule has 0 saturated carbocycles. The van der Waals surface area contributed by atoms with Crippen LogP contribution in [0.2, 0.25) is 0 Å². The Morgan fingerprint density at radius 1 is 1.24 bits per heavy atom. The molecule has 21 heavy (non-hydrogen) atoms. The SMILES string of the molecule is CC(C)C1CCCN1C(=O)c1ccc2ccccc2c1O. The molecule has 1 aliphatic heterocycles. The second-order valence-corrected chi connectivity index (χ2v) is 6.14. The fourth-order valence-corrected chi connectivity index (χ4v) is 3.32. The van der Waals surface area contributed by atoms with E-state index in [2.05, 4.69) is 13.8 Å². The number of rotatable bonds is 2. The fraction of sp³-hybridized carbons (Fsp3) is 0.389. The molecule has 1 unspecified atom stereocenters. The number of nitrogens with zero attached hydrogens (tertiary/aromatic N) is 1. The molecule has 1 atom stereocenters. The van der Waals surface area contributed by atoms with Crippen molar-refractivity contribution in [3.05, 3.63) is 42.0 Å². The lowest BCUT2D eigenvalue weighted by Gasteiger charge is -2.28. The number of carbonyl (C=O) groups is 1. The van der Waals surface area contributed by atoms with Crippen molar-refractivity contribution in [2.75, 3.05) is 6.54 Å². The van der Waals surface area contributed by atoms with Crippen molar-refractivity contribution in [1.29, 1.82) is 0 Å². The number of likely N-dealkylation sites (tertiary alicyclic amines) is 1. The van der Waals surface area contributed by atoms with E-state index < -0.39 is 0 Å². The number of benzene rings is 2. The number of phenols is 1. The summed E-state index contributed by atoms with van der Waals surface area (Å²) in [5, 5.41) is 12.1. The van der Waals surface area contributed by atoms with E-state index in [1.165, 1.54) is 0 Å². The second-order valence-electron chi connectivity index (χ2n) is 6.14. The minimum absolute atomic E-state index is 0.0468. The first-order valence-corrected chi connectivity index (χ1v) is 7.61. The highest BCUT2D eigenvalue weighted by Gasteiger charge is 2.32. The Bertz CT molecular complexity index is 678. The molecule has 1 aliphatic rings. The molecule has 110 valence electrons. The number of hydrogen-bond donors (Lipinski definition) is 1. The molecule has 3 rings (SSSR count). The third kappa shape index (κ3) is 2.37.